The lowest BCUT2D eigenvalue weighted by Crippen LogP contribution is -2.22. The van der Waals surface area contributed by atoms with Crippen molar-refractivity contribution >= 4 is 0 Å². The maximum absolute atomic E-state index is 5.45. The van der Waals surface area contributed by atoms with Crippen LogP contribution in [0.1, 0.15) is 17.8 Å². The Morgan fingerprint density at radius 1 is 1.50 bits per heavy atom. The van der Waals surface area contributed by atoms with E-state index in [1.165, 1.54) is 0 Å². The van der Waals surface area contributed by atoms with Crippen molar-refractivity contribution < 1.29 is 9.47 Å². The summed E-state index contributed by atoms with van der Waals surface area (Å²) < 4.78 is 10.7. The molecule has 1 fully saturated rings. The first-order valence-electron chi connectivity index (χ1n) is 4.70. The topological polar surface area (TPSA) is 86.1 Å². The quantitative estimate of drug-likeness (QED) is 0.677. The normalized spacial score (nSPS) is 22.5. The highest BCUT2D eigenvalue weighted by atomic mass is 16.6. The summed E-state index contributed by atoms with van der Waals surface area (Å²) >= 11 is 0. The maximum atomic E-state index is 5.45. The first-order valence-corrected chi connectivity index (χ1v) is 4.70. The van der Waals surface area contributed by atoms with E-state index in [2.05, 4.69) is 15.2 Å². The van der Waals surface area contributed by atoms with Crippen LogP contribution in [0.2, 0.25) is 0 Å². The van der Waals surface area contributed by atoms with Crippen molar-refractivity contribution in [1.82, 2.24) is 15.2 Å². The zero-order chi connectivity index (χ0) is 9.80. The van der Waals surface area contributed by atoms with Crippen molar-refractivity contribution in [2.45, 2.75) is 12.5 Å². The standard InChI is InChI=1S/C8H14N4O2/c9-2-1-7-10-8(12-11-7)6-5-13-3-4-14-6/h6H,1-5,9H2,(H,10,11,12). The molecule has 14 heavy (non-hydrogen) atoms. The van der Waals surface area contributed by atoms with Gasteiger partial charge in [-0.25, -0.2) is 4.98 Å². The molecule has 6 heteroatoms. The Kier molecular flexibility index (Phi) is 3.07. The number of rotatable bonds is 3. The predicted octanol–water partition coefficient (Wildman–Crippen LogP) is -0.606. The summed E-state index contributed by atoms with van der Waals surface area (Å²) in [4.78, 5) is 4.27. The number of nitrogens with zero attached hydrogens (tertiary/aromatic N) is 2. The van der Waals surface area contributed by atoms with Gasteiger partial charge in [-0.3, -0.25) is 5.10 Å². The number of nitrogens with two attached hydrogens (primary N) is 1. The first kappa shape index (κ1) is 9.57. The molecule has 0 spiro atoms. The van der Waals surface area contributed by atoms with Crippen LogP contribution in [0.15, 0.2) is 0 Å². The largest absolute Gasteiger partial charge is 0.376 e. The van der Waals surface area contributed by atoms with Crippen molar-refractivity contribution in [3.63, 3.8) is 0 Å². The molecule has 0 amide bonds. The minimum atomic E-state index is -0.133. The van der Waals surface area contributed by atoms with Crippen LogP contribution in [0.3, 0.4) is 0 Å². The number of aromatic amines is 1. The van der Waals surface area contributed by atoms with Gasteiger partial charge >= 0.3 is 0 Å². The van der Waals surface area contributed by atoms with Gasteiger partial charge in [0.15, 0.2) is 5.82 Å². The first-order chi connectivity index (χ1) is 6.90. The average molecular weight is 198 g/mol. The molecular formula is C8H14N4O2. The van der Waals surface area contributed by atoms with Crippen molar-refractivity contribution in [1.29, 1.82) is 0 Å². The predicted molar refractivity (Wildman–Crippen MR) is 48.7 cm³/mol. The molecule has 78 valence electrons. The molecule has 0 bridgehead atoms. The highest BCUT2D eigenvalue weighted by Gasteiger charge is 2.20. The Morgan fingerprint density at radius 2 is 2.43 bits per heavy atom. The van der Waals surface area contributed by atoms with Gasteiger partial charge < -0.3 is 15.2 Å². The fourth-order valence-electron chi connectivity index (χ4n) is 1.34. The van der Waals surface area contributed by atoms with Crippen LogP contribution in [-0.4, -0.2) is 41.5 Å². The fourth-order valence-corrected chi connectivity index (χ4v) is 1.34. The Morgan fingerprint density at radius 3 is 3.14 bits per heavy atom. The third-order valence-corrected chi connectivity index (χ3v) is 2.03. The summed E-state index contributed by atoms with van der Waals surface area (Å²) in [7, 11) is 0. The van der Waals surface area contributed by atoms with Crippen molar-refractivity contribution in [3.05, 3.63) is 11.6 Å². The Hall–Kier alpha value is -0.980. The van der Waals surface area contributed by atoms with Crippen LogP contribution >= 0.6 is 0 Å². The molecule has 1 aliphatic heterocycles. The van der Waals surface area contributed by atoms with E-state index in [4.69, 9.17) is 15.2 Å². The Balaban J connectivity index is 2.00. The van der Waals surface area contributed by atoms with Gasteiger partial charge in [0, 0.05) is 6.42 Å². The van der Waals surface area contributed by atoms with Crippen LogP contribution in [-0.2, 0) is 15.9 Å². The number of hydrogen-bond donors (Lipinski definition) is 2. The SMILES string of the molecule is NCCc1nc(C2COCCO2)n[nH]1. The van der Waals surface area contributed by atoms with Gasteiger partial charge in [0.2, 0.25) is 0 Å². The molecule has 0 aliphatic carbocycles. The molecule has 1 atom stereocenters. The Bertz CT molecular complexity index is 283. The van der Waals surface area contributed by atoms with E-state index in [1.807, 2.05) is 0 Å². The van der Waals surface area contributed by atoms with Crippen LogP contribution in [0.4, 0.5) is 0 Å². The van der Waals surface area contributed by atoms with Crippen LogP contribution in [0.5, 0.6) is 0 Å². The summed E-state index contributed by atoms with van der Waals surface area (Å²) in [5.74, 6) is 1.46. The lowest BCUT2D eigenvalue weighted by Gasteiger charge is -2.19. The monoisotopic (exact) mass is 198 g/mol. The number of nitrogens with one attached hydrogen (secondary N) is 1. The van der Waals surface area contributed by atoms with E-state index >= 15 is 0 Å². The van der Waals surface area contributed by atoms with Crippen molar-refractivity contribution in [3.8, 4) is 0 Å². The molecule has 2 heterocycles. The highest BCUT2D eigenvalue weighted by Crippen LogP contribution is 2.16. The van der Waals surface area contributed by atoms with Gasteiger partial charge in [0.25, 0.3) is 0 Å². The molecule has 1 aliphatic rings. The zero-order valence-electron chi connectivity index (χ0n) is 7.90. The molecule has 0 radical (unpaired) electrons. The summed E-state index contributed by atoms with van der Waals surface area (Å²) in [6.45, 7) is 2.35. The summed E-state index contributed by atoms with van der Waals surface area (Å²) in [6.07, 6.45) is 0.576. The summed E-state index contributed by atoms with van der Waals surface area (Å²) in [5, 5.41) is 6.89. The minimum absolute atomic E-state index is 0.133. The van der Waals surface area contributed by atoms with E-state index in [1.54, 1.807) is 0 Å². The van der Waals surface area contributed by atoms with E-state index in [-0.39, 0.29) is 6.10 Å². The van der Waals surface area contributed by atoms with E-state index in [9.17, 15) is 0 Å². The van der Waals surface area contributed by atoms with Gasteiger partial charge in [-0.05, 0) is 6.54 Å². The number of H-pyrrole nitrogens is 1. The van der Waals surface area contributed by atoms with Crippen molar-refractivity contribution in [2.24, 2.45) is 5.73 Å². The second kappa shape index (κ2) is 4.50. The third kappa shape index (κ3) is 2.09. The number of aromatic nitrogens is 3. The van der Waals surface area contributed by atoms with E-state index in [0.29, 0.717) is 38.6 Å². The zero-order valence-corrected chi connectivity index (χ0v) is 7.90. The average Bonchev–Trinajstić information content (AvgIpc) is 2.68. The van der Waals surface area contributed by atoms with Gasteiger partial charge in [-0.15, -0.1) is 0 Å². The summed E-state index contributed by atoms with van der Waals surface area (Å²) in [5.41, 5.74) is 5.40. The molecule has 2 rings (SSSR count). The Labute approximate surface area is 81.8 Å². The third-order valence-electron chi connectivity index (χ3n) is 2.03. The molecule has 3 N–H and O–H groups in total. The summed E-state index contributed by atoms with van der Waals surface area (Å²) in [6, 6.07) is 0. The second-order valence-electron chi connectivity index (χ2n) is 3.11. The molecule has 1 aromatic heterocycles. The van der Waals surface area contributed by atoms with Gasteiger partial charge in [0.1, 0.15) is 11.9 Å². The molecule has 0 aromatic carbocycles. The number of hydrogen-bond acceptors (Lipinski definition) is 5. The van der Waals surface area contributed by atoms with E-state index < -0.39 is 0 Å². The fraction of sp³-hybridized carbons (Fsp3) is 0.750. The second-order valence-corrected chi connectivity index (χ2v) is 3.11. The smallest absolute Gasteiger partial charge is 0.181 e. The van der Waals surface area contributed by atoms with Gasteiger partial charge in [-0.2, -0.15) is 5.10 Å². The van der Waals surface area contributed by atoms with E-state index in [0.717, 1.165) is 5.82 Å². The van der Waals surface area contributed by atoms with Crippen LogP contribution in [0.25, 0.3) is 0 Å². The highest BCUT2D eigenvalue weighted by molar-refractivity contribution is 4.95. The maximum Gasteiger partial charge on any atom is 0.181 e. The lowest BCUT2D eigenvalue weighted by atomic mass is 10.3. The molecule has 0 saturated carbocycles. The minimum Gasteiger partial charge on any atom is -0.376 e. The lowest BCUT2D eigenvalue weighted by molar-refractivity contribution is -0.0934. The molecule has 1 saturated heterocycles. The molecule has 6 nitrogen and oxygen atoms in total. The van der Waals surface area contributed by atoms with Gasteiger partial charge in [-0.1, -0.05) is 0 Å². The molecule has 1 unspecified atom stereocenters. The van der Waals surface area contributed by atoms with Crippen molar-refractivity contribution in [2.75, 3.05) is 26.4 Å². The van der Waals surface area contributed by atoms with Gasteiger partial charge in [0.05, 0.1) is 19.8 Å². The van der Waals surface area contributed by atoms with Crippen LogP contribution in [0, 0.1) is 0 Å². The molecule has 1 aromatic rings. The van der Waals surface area contributed by atoms with Crippen LogP contribution < -0.4 is 5.73 Å². The molecular weight excluding hydrogens is 184 g/mol. The number of ether oxygens (including phenoxy) is 2.